The topological polar surface area (TPSA) is 45.9 Å². The normalized spacial score (nSPS) is 18.0. The largest absolute Gasteiger partial charge is 0.465 e. The Bertz CT molecular complexity index is 794. The molecule has 0 N–H and O–H groups in total. The number of hydrogen-bond donors (Lipinski definition) is 0. The molecule has 1 aromatic heterocycles. The van der Waals surface area contributed by atoms with E-state index in [1.54, 1.807) is 0 Å². The van der Waals surface area contributed by atoms with E-state index in [-0.39, 0.29) is 11.7 Å². The first-order chi connectivity index (χ1) is 12.6. The Morgan fingerprint density at radius 2 is 1.88 bits per heavy atom. The van der Waals surface area contributed by atoms with Crippen molar-refractivity contribution in [2.24, 2.45) is 0 Å². The molecule has 2 aliphatic rings. The van der Waals surface area contributed by atoms with Crippen LogP contribution >= 0.6 is 0 Å². The van der Waals surface area contributed by atoms with E-state index in [2.05, 4.69) is 4.90 Å². The van der Waals surface area contributed by atoms with E-state index in [4.69, 9.17) is 9.15 Å². The van der Waals surface area contributed by atoms with Crippen molar-refractivity contribution in [2.75, 3.05) is 32.8 Å². The van der Waals surface area contributed by atoms with Crippen molar-refractivity contribution in [3.63, 3.8) is 0 Å². The first-order valence-electron chi connectivity index (χ1n) is 9.07. The van der Waals surface area contributed by atoms with Gasteiger partial charge in [-0.2, -0.15) is 0 Å². The Labute approximate surface area is 152 Å². The number of fused-ring (bicyclic) bond motifs is 1. The number of amides is 1. The lowest BCUT2D eigenvalue weighted by Gasteiger charge is -2.29. The highest BCUT2D eigenvalue weighted by molar-refractivity contribution is 5.97. The van der Waals surface area contributed by atoms with Crippen molar-refractivity contribution in [1.82, 2.24) is 9.80 Å². The van der Waals surface area contributed by atoms with Gasteiger partial charge < -0.3 is 14.1 Å². The fourth-order valence-corrected chi connectivity index (χ4v) is 3.77. The summed E-state index contributed by atoms with van der Waals surface area (Å²) in [4.78, 5) is 17.1. The van der Waals surface area contributed by atoms with Gasteiger partial charge in [-0.1, -0.05) is 12.1 Å². The lowest BCUT2D eigenvalue weighted by Crippen LogP contribution is -2.41. The fraction of sp³-hybridized carbons (Fsp3) is 0.450. The second-order valence-electron chi connectivity index (χ2n) is 6.93. The van der Waals surface area contributed by atoms with Crippen molar-refractivity contribution in [1.29, 1.82) is 0 Å². The molecule has 0 saturated carbocycles. The predicted molar refractivity (Wildman–Crippen MR) is 94.4 cm³/mol. The summed E-state index contributed by atoms with van der Waals surface area (Å²) in [5.74, 6) is 1.45. The van der Waals surface area contributed by atoms with Crippen LogP contribution in [0.15, 0.2) is 28.7 Å². The summed E-state index contributed by atoms with van der Waals surface area (Å²) in [6.07, 6.45) is 0.785. The number of ether oxygens (including phenoxy) is 1. The minimum atomic E-state index is -0.224. The maximum atomic E-state index is 13.1. The average Bonchev–Trinajstić information content (AvgIpc) is 2.99. The van der Waals surface area contributed by atoms with Crippen molar-refractivity contribution in [2.45, 2.75) is 26.4 Å². The smallest absolute Gasteiger partial charge is 0.257 e. The van der Waals surface area contributed by atoms with Crippen molar-refractivity contribution < 1.29 is 18.3 Å². The summed E-state index contributed by atoms with van der Waals surface area (Å²) in [6.45, 7) is 6.56. The predicted octanol–water partition coefficient (Wildman–Crippen LogP) is 2.76. The SMILES string of the molecule is Cc1oc2c(c1C(=O)N1CCOCC1)CN(Cc1ccc(F)cc1)CC2. The first kappa shape index (κ1) is 17.2. The van der Waals surface area contributed by atoms with Crippen LogP contribution in [-0.2, 0) is 24.2 Å². The summed E-state index contributed by atoms with van der Waals surface area (Å²) in [5.41, 5.74) is 2.79. The Balaban J connectivity index is 1.54. The molecule has 1 aromatic carbocycles. The summed E-state index contributed by atoms with van der Waals surface area (Å²) in [5, 5.41) is 0. The second-order valence-corrected chi connectivity index (χ2v) is 6.93. The number of hydrogen-bond acceptors (Lipinski definition) is 4. The molecule has 0 unspecified atom stereocenters. The highest BCUT2D eigenvalue weighted by atomic mass is 19.1. The van der Waals surface area contributed by atoms with Gasteiger partial charge in [0, 0.05) is 44.7 Å². The van der Waals surface area contributed by atoms with Crippen LogP contribution in [0.3, 0.4) is 0 Å². The molecule has 3 heterocycles. The van der Waals surface area contributed by atoms with E-state index in [9.17, 15) is 9.18 Å². The minimum Gasteiger partial charge on any atom is -0.465 e. The molecule has 0 aliphatic carbocycles. The van der Waals surface area contributed by atoms with Crippen LogP contribution in [0.1, 0.15) is 33.0 Å². The van der Waals surface area contributed by atoms with Gasteiger partial charge in [-0.15, -0.1) is 0 Å². The number of halogens is 1. The molecular weight excluding hydrogens is 335 g/mol. The highest BCUT2D eigenvalue weighted by Crippen LogP contribution is 2.30. The number of benzene rings is 1. The quantitative estimate of drug-likeness (QED) is 0.846. The van der Waals surface area contributed by atoms with Gasteiger partial charge in [-0.25, -0.2) is 4.39 Å². The third kappa shape index (κ3) is 3.39. The Morgan fingerprint density at radius 1 is 1.15 bits per heavy atom. The van der Waals surface area contributed by atoms with E-state index in [1.807, 2.05) is 24.0 Å². The zero-order valence-corrected chi connectivity index (χ0v) is 15.0. The third-order valence-corrected chi connectivity index (χ3v) is 5.14. The lowest BCUT2D eigenvalue weighted by molar-refractivity contribution is 0.0300. The van der Waals surface area contributed by atoms with E-state index in [0.717, 1.165) is 36.4 Å². The van der Waals surface area contributed by atoms with Gasteiger partial charge in [-0.05, 0) is 24.6 Å². The molecule has 6 heteroatoms. The number of rotatable bonds is 3. The maximum Gasteiger partial charge on any atom is 0.257 e. The molecule has 0 spiro atoms. The number of nitrogens with zero attached hydrogens (tertiary/aromatic N) is 2. The lowest BCUT2D eigenvalue weighted by atomic mass is 10.0. The Morgan fingerprint density at radius 3 is 2.62 bits per heavy atom. The molecular formula is C20H23FN2O3. The van der Waals surface area contributed by atoms with Crippen LogP contribution in [0.5, 0.6) is 0 Å². The highest BCUT2D eigenvalue weighted by Gasteiger charge is 2.31. The van der Waals surface area contributed by atoms with Crippen LogP contribution in [0.2, 0.25) is 0 Å². The number of aryl methyl sites for hydroxylation is 1. The number of carbonyl (C=O) groups is 1. The van der Waals surface area contributed by atoms with Gasteiger partial charge in [0.1, 0.15) is 17.3 Å². The summed E-state index contributed by atoms with van der Waals surface area (Å²) in [6, 6.07) is 6.59. The maximum absolute atomic E-state index is 13.1. The van der Waals surface area contributed by atoms with Gasteiger partial charge in [0.25, 0.3) is 5.91 Å². The fourth-order valence-electron chi connectivity index (χ4n) is 3.77. The van der Waals surface area contributed by atoms with Crippen LogP contribution in [-0.4, -0.2) is 48.6 Å². The van der Waals surface area contributed by atoms with Crippen molar-refractivity contribution >= 4 is 5.91 Å². The van der Waals surface area contributed by atoms with E-state index in [0.29, 0.717) is 44.2 Å². The third-order valence-electron chi connectivity index (χ3n) is 5.14. The molecule has 1 saturated heterocycles. The van der Waals surface area contributed by atoms with Gasteiger partial charge in [0.05, 0.1) is 18.8 Å². The summed E-state index contributed by atoms with van der Waals surface area (Å²) >= 11 is 0. The molecule has 0 atom stereocenters. The molecule has 1 fully saturated rings. The first-order valence-corrected chi connectivity index (χ1v) is 9.07. The number of carbonyl (C=O) groups excluding carboxylic acids is 1. The average molecular weight is 358 g/mol. The minimum absolute atomic E-state index is 0.0411. The van der Waals surface area contributed by atoms with E-state index in [1.165, 1.54) is 12.1 Å². The second kappa shape index (κ2) is 7.21. The summed E-state index contributed by atoms with van der Waals surface area (Å²) in [7, 11) is 0. The van der Waals surface area contributed by atoms with Gasteiger partial charge in [0.15, 0.2) is 0 Å². The zero-order chi connectivity index (χ0) is 18.1. The molecule has 0 bridgehead atoms. The number of furan rings is 1. The van der Waals surface area contributed by atoms with Crippen LogP contribution in [0, 0.1) is 12.7 Å². The summed E-state index contributed by atoms with van der Waals surface area (Å²) < 4.78 is 24.4. The van der Waals surface area contributed by atoms with Crippen LogP contribution < -0.4 is 0 Å². The monoisotopic (exact) mass is 358 g/mol. The van der Waals surface area contributed by atoms with Gasteiger partial charge >= 0.3 is 0 Å². The zero-order valence-electron chi connectivity index (χ0n) is 15.0. The van der Waals surface area contributed by atoms with Crippen molar-refractivity contribution in [3.8, 4) is 0 Å². The van der Waals surface area contributed by atoms with Crippen LogP contribution in [0.25, 0.3) is 0 Å². The molecule has 2 aromatic rings. The van der Waals surface area contributed by atoms with E-state index < -0.39 is 0 Å². The molecule has 1 amide bonds. The number of morpholine rings is 1. The Hall–Kier alpha value is -2.18. The Kier molecular flexibility index (Phi) is 4.78. The van der Waals surface area contributed by atoms with Crippen molar-refractivity contribution in [3.05, 3.63) is 58.3 Å². The molecule has 26 heavy (non-hydrogen) atoms. The van der Waals surface area contributed by atoms with E-state index >= 15 is 0 Å². The van der Waals surface area contributed by atoms with Gasteiger partial charge in [-0.3, -0.25) is 9.69 Å². The molecule has 4 rings (SSSR count). The molecule has 0 radical (unpaired) electrons. The standard InChI is InChI=1S/C20H23FN2O3/c1-14-19(20(24)23-8-10-25-11-9-23)17-13-22(7-6-18(17)26-14)12-15-2-4-16(21)5-3-15/h2-5H,6-13H2,1H3. The van der Waals surface area contributed by atoms with Crippen LogP contribution in [0.4, 0.5) is 4.39 Å². The molecule has 2 aliphatic heterocycles. The van der Waals surface area contributed by atoms with Gasteiger partial charge in [0.2, 0.25) is 0 Å². The molecule has 138 valence electrons. The molecule has 5 nitrogen and oxygen atoms in total.